The summed E-state index contributed by atoms with van der Waals surface area (Å²) in [5.41, 5.74) is 4.90. The number of H-pyrrole nitrogens is 1. The molecule has 4 aromatic rings. The lowest BCUT2D eigenvalue weighted by atomic mass is 9.88. The minimum Gasteiger partial charge on any atom is -0.357 e. The van der Waals surface area contributed by atoms with Gasteiger partial charge in [-0.3, -0.25) is 9.59 Å². The Morgan fingerprint density at radius 3 is 2.50 bits per heavy atom. The number of amides is 2. The van der Waals surface area contributed by atoms with Crippen molar-refractivity contribution in [3.05, 3.63) is 94.5 Å². The van der Waals surface area contributed by atoms with Crippen molar-refractivity contribution in [3.8, 4) is 22.4 Å². The van der Waals surface area contributed by atoms with Gasteiger partial charge < -0.3 is 15.6 Å². The molecule has 36 heavy (non-hydrogen) atoms. The zero-order chi connectivity index (χ0) is 25.4. The first-order valence-corrected chi connectivity index (χ1v) is 11.9. The molecule has 0 saturated heterocycles. The molecule has 8 heteroatoms. The number of carbonyl (C=O) groups excluding carboxylic acids is 2. The van der Waals surface area contributed by atoms with Crippen LogP contribution in [0.2, 0.25) is 5.02 Å². The van der Waals surface area contributed by atoms with E-state index in [0.717, 1.165) is 28.1 Å². The molecule has 5 rings (SSSR count). The third-order valence-corrected chi connectivity index (χ3v) is 6.35. The third kappa shape index (κ3) is 4.88. The second-order valence-electron chi connectivity index (χ2n) is 9.53. The largest absolute Gasteiger partial charge is 0.357 e. The molecular weight excluding hydrogens is 479 g/mol. The van der Waals surface area contributed by atoms with Gasteiger partial charge in [0.25, 0.3) is 5.91 Å². The number of anilines is 1. The number of benzene rings is 2. The quantitative estimate of drug-likeness (QED) is 0.323. The van der Waals surface area contributed by atoms with Gasteiger partial charge in [0.2, 0.25) is 5.91 Å². The minimum absolute atomic E-state index is 0.0915. The van der Waals surface area contributed by atoms with Crippen molar-refractivity contribution in [3.63, 3.8) is 0 Å². The monoisotopic (exact) mass is 502 g/mol. The van der Waals surface area contributed by atoms with Gasteiger partial charge in [0.1, 0.15) is 11.6 Å². The van der Waals surface area contributed by atoms with Gasteiger partial charge in [-0.25, -0.2) is 9.37 Å². The Bertz CT molecular complexity index is 1460. The molecule has 0 aliphatic carbocycles. The topological polar surface area (TPSA) is 86.9 Å². The average molecular weight is 503 g/mol. The van der Waals surface area contributed by atoms with Gasteiger partial charge in [-0.05, 0) is 61.4 Å². The Morgan fingerprint density at radius 2 is 1.78 bits per heavy atom. The Balaban J connectivity index is 1.52. The SMILES string of the molecule is CC1(C)Cc2[nH]c(-c3ccnc(NC(=O)Cc4ccc(F)cc4)c3)c(-c3ccc(Cl)cc3)c2C(=O)N1. The second kappa shape index (κ2) is 9.24. The summed E-state index contributed by atoms with van der Waals surface area (Å²) in [6.45, 7) is 3.97. The highest BCUT2D eigenvalue weighted by atomic mass is 35.5. The van der Waals surface area contributed by atoms with Crippen LogP contribution in [-0.2, 0) is 17.6 Å². The molecule has 6 nitrogen and oxygen atoms in total. The fourth-order valence-corrected chi connectivity index (χ4v) is 4.67. The van der Waals surface area contributed by atoms with E-state index in [-0.39, 0.29) is 29.6 Å². The third-order valence-electron chi connectivity index (χ3n) is 6.10. The molecule has 3 N–H and O–H groups in total. The number of fused-ring (bicyclic) bond motifs is 1. The number of nitrogens with one attached hydrogen (secondary N) is 3. The van der Waals surface area contributed by atoms with Crippen LogP contribution in [-0.4, -0.2) is 27.3 Å². The van der Waals surface area contributed by atoms with Gasteiger partial charge in [-0.1, -0.05) is 35.9 Å². The van der Waals surface area contributed by atoms with Crippen LogP contribution < -0.4 is 10.6 Å². The van der Waals surface area contributed by atoms with Crippen LogP contribution in [0.1, 0.15) is 35.5 Å². The van der Waals surface area contributed by atoms with Gasteiger partial charge in [0, 0.05) is 40.0 Å². The smallest absolute Gasteiger partial charge is 0.254 e. The highest BCUT2D eigenvalue weighted by Crippen LogP contribution is 2.40. The van der Waals surface area contributed by atoms with Crippen LogP contribution in [0.5, 0.6) is 0 Å². The maximum atomic E-state index is 13.2. The van der Waals surface area contributed by atoms with Crippen molar-refractivity contribution in [1.82, 2.24) is 15.3 Å². The number of hydrogen-bond acceptors (Lipinski definition) is 3. The Morgan fingerprint density at radius 1 is 1.06 bits per heavy atom. The van der Waals surface area contributed by atoms with Crippen molar-refractivity contribution in [2.24, 2.45) is 0 Å². The summed E-state index contributed by atoms with van der Waals surface area (Å²) in [4.78, 5) is 33.5. The van der Waals surface area contributed by atoms with Gasteiger partial charge >= 0.3 is 0 Å². The maximum absolute atomic E-state index is 13.2. The lowest BCUT2D eigenvalue weighted by Crippen LogP contribution is -2.49. The number of rotatable bonds is 5. The van der Waals surface area contributed by atoms with Gasteiger partial charge in [0.05, 0.1) is 17.7 Å². The van der Waals surface area contributed by atoms with E-state index in [1.54, 1.807) is 36.5 Å². The van der Waals surface area contributed by atoms with Crippen molar-refractivity contribution in [2.75, 3.05) is 5.32 Å². The summed E-state index contributed by atoms with van der Waals surface area (Å²) < 4.78 is 13.2. The van der Waals surface area contributed by atoms with Crippen molar-refractivity contribution >= 4 is 29.2 Å². The molecule has 1 aliphatic heterocycles. The summed E-state index contributed by atoms with van der Waals surface area (Å²) in [6.07, 6.45) is 2.34. The Labute approximate surface area is 212 Å². The lowest BCUT2D eigenvalue weighted by Gasteiger charge is -2.30. The van der Waals surface area contributed by atoms with E-state index in [4.69, 9.17) is 11.6 Å². The molecule has 0 bridgehead atoms. The average Bonchev–Trinajstić information content (AvgIpc) is 3.20. The first-order valence-electron chi connectivity index (χ1n) is 11.5. The normalized spacial score (nSPS) is 14.2. The van der Waals surface area contributed by atoms with E-state index < -0.39 is 0 Å². The van der Waals surface area contributed by atoms with Crippen LogP contribution in [0.25, 0.3) is 22.4 Å². The number of carbonyl (C=O) groups is 2. The second-order valence-corrected chi connectivity index (χ2v) is 9.97. The standard InChI is InChI=1S/C28H24ClFN4O2/c1-28(2)15-21-25(27(36)34-28)24(17-5-7-19(29)8-6-17)26(32-21)18-11-12-31-22(14-18)33-23(35)13-16-3-9-20(30)10-4-16/h3-12,14,32H,13,15H2,1-2H3,(H,34,36)(H,31,33,35). The van der Waals surface area contributed by atoms with Crippen molar-refractivity contribution in [1.29, 1.82) is 0 Å². The molecular formula is C28H24ClFN4O2. The Hall–Kier alpha value is -3.97. The molecule has 2 aromatic heterocycles. The van der Waals surface area contributed by atoms with E-state index in [0.29, 0.717) is 28.4 Å². The van der Waals surface area contributed by atoms with E-state index >= 15 is 0 Å². The van der Waals surface area contributed by atoms with E-state index in [1.165, 1.54) is 12.1 Å². The number of halogens is 2. The van der Waals surface area contributed by atoms with Crippen LogP contribution in [0.15, 0.2) is 66.9 Å². The molecule has 0 fully saturated rings. The number of hydrogen-bond donors (Lipinski definition) is 3. The first-order chi connectivity index (χ1) is 17.2. The molecule has 182 valence electrons. The summed E-state index contributed by atoms with van der Waals surface area (Å²) in [7, 11) is 0. The molecule has 0 unspecified atom stereocenters. The van der Waals surface area contributed by atoms with E-state index in [2.05, 4.69) is 20.6 Å². The number of aromatic amines is 1. The summed E-state index contributed by atoms with van der Waals surface area (Å²) in [6, 6.07) is 16.7. The van der Waals surface area contributed by atoms with Crippen LogP contribution in [0.4, 0.5) is 10.2 Å². The zero-order valence-corrected chi connectivity index (χ0v) is 20.5. The molecule has 0 atom stereocenters. The van der Waals surface area contributed by atoms with Crippen molar-refractivity contribution in [2.45, 2.75) is 32.2 Å². The van der Waals surface area contributed by atoms with Crippen LogP contribution >= 0.6 is 11.6 Å². The molecule has 3 heterocycles. The van der Waals surface area contributed by atoms with E-state index in [1.807, 2.05) is 32.0 Å². The first kappa shape index (κ1) is 23.8. The molecule has 2 amide bonds. The fraction of sp³-hybridized carbons (Fsp3) is 0.179. The molecule has 0 spiro atoms. The van der Waals surface area contributed by atoms with E-state index in [9.17, 15) is 14.0 Å². The molecule has 1 aliphatic rings. The highest BCUT2D eigenvalue weighted by Gasteiger charge is 2.35. The number of pyridine rings is 1. The van der Waals surface area contributed by atoms with Crippen molar-refractivity contribution < 1.29 is 14.0 Å². The maximum Gasteiger partial charge on any atom is 0.254 e. The van der Waals surface area contributed by atoms with Crippen LogP contribution in [0.3, 0.4) is 0 Å². The minimum atomic E-state index is -0.388. The Kier molecular flexibility index (Phi) is 6.10. The zero-order valence-electron chi connectivity index (χ0n) is 19.8. The predicted molar refractivity (Wildman–Crippen MR) is 138 cm³/mol. The predicted octanol–water partition coefficient (Wildman–Crippen LogP) is 5.78. The van der Waals surface area contributed by atoms with Gasteiger partial charge in [0.15, 0.2) is 0 Å². The van der Waals surface area contributed by atoms with Crippen LogP contribution in [0, 0.1) is 5.82 Å². The summed E-state index contributed by atoms with van der Waals surface area (Å²) >= 11 is 6.12. The van der Waals surface area contributed by atoms with Gasteiger partial charge in [-0.2, -0.15) is 0 Å². The summed E-state index contributed by atoms with van der Waals surface area (Å²) in [5.74, 6) is -0.388. The highest BCUT2D eigenvalue weighted by molar-refractivity contribution is 6.30. The fourth-order valence-electron chi connectivity index (χ4n) is 4.54. The summed E-state index contributed by atoms with van der Waals surface area (Å²) in [5, 5.41) is 6.50. The molecule has 2 aromatic carbocycles. The molecule has 0 radical (unpaired) electrons. The number of aromatic nitrogens is 2. The van der Waals surface area contributed by atoms with Gasteiger partial charge in [-0.15, -0.1) is 0 Å². The number of nitrogens with zero attached hydrogens (tertiary/aromatic N) is 1. The molecule has 0 saturated carbocycles. The lowest BCUT2D eigenvalue weighted by molar-refractivity contribution is -0.115.